The number of alkyl halides is 1. The molecule has 0 amide bonds. The maximum Gasteiger partial charge on any atom is 0.307 e. The number of hydrogen-bond donors (Lipinski definition) is 0. The molecule has 1 aliphatic rings. The van der Waals surface area contributed by atoms with Crippen LogP contribution in [0, 0.1) is 5.41 Å². The first-order valence-electron chi connectivity index (χ1n) is 4.29. The normalized spacial score (nSPS) is 22.6. The van der Waals surface area contributed by atoms with Crippen LogP contribution in [0.2, 0.25) is 0 Å². The zero-order chi connectivity index (χ0) is 9.19. The maximum atomic E-state index is 10.9. The summed E-state index contributed by atoms with van der Waals surface area (Å²) < 4.78 is 4.56. The van der Waals surface area contributed by atoms with Crippen LogP contribution in [-0.2, 0) is 9.53 Å². The Bertz CT molecular complexity index is 175. The SMILES string of the molecule is COC(=O)CC(Cl)C1(C)CCC1. The molecular weight excluding hydrogens is 176 g/mol. The van der Waals surface area contributed by atoms with Crippen LogP contribution in [-0.4, -0.2) is 18.5 Å². The highest BCUT2D eigenvalue weighted by Crippen LogP contribution is 2.46. The summed E-state index contributed by atoms with van der Waals surface area (Å²) in [7, 11) is 1.40. The standard InChI is InChI=1S/C9H15ClO2/c1-9(4-3-5-9)7(10)6-8(11)12-2/h7H,3-6H2,1-2H3. The Balaban J connectivity index is 2.37. The van der Waals surface area contributed by atoms with Crippen molar-refractivity contribution in [1.29, 1.82) is 0 Å². The summed E-state index contributed by atoms with van der Waals surface area (Å²) in [6, 6.07) is 0. The molecule has 0 aromatic carbocycles. The summed E-state index contributed by atoms with van der Waals surface area (Å²) in [6.45, 7) is 2.14. The van der Waals surface area contributed by atoms with Crippen molar-refractivity contribution in [1.82, 2.24) is 0 Å². The lowest BCUT2D eigenvalue weighted by molar-refractivity contribution is -0.141. The van der Waals surface area contributed by atoms with Gasteiger partial charge in [-0.15, -0.1) is 11.6 Å². The summed E-state index contributed by atoms with van der Waals surface area (Å²) in [5.41, 5.74) is 0.176. The van der Waals surface area contributed by atoms with Crippen LogP contribution >= 0.6 is 11.6 Å². The topological polar surface area (TPSA) is 26.3 Å². The molecule has 0 saturated heterocycles. The van der Waals surface area contributed by atoms with E-state index in [1.807, 2.05) is 0 Å². The van der Waals surface area contributed by atoms with Gasteiger partial charge in [0.25, 0.3) is 0 Å². The molecule has 0 aromatic rings. The molecule has 12 heavy (non-hydrogen) atoms. The Hall–Kier alpha value is -0.240. The number of rotatable bonds is 3. The van der Waals surface area contributed by atoms with Crippen LogP contribution in [0.5, 0.6) is 0 Å². The van der Waals surface area contributed by atoms with Gasteiger partial charge in [0.2, 0.25) is 0 Å². The lowest BCUT2D eigenvalue weighted by atomic mass is 9.67. The van der Waals surface area contributed by atoms with Gasteiger partial charge in [0, 0.05) is 5.38 Å². The Labute approximate surface area is 78.2 Å². The Morgan fingerprint density at radius 2 is 2.25 bits per heavy atom. The monoisotopic (exact) mass is 190 g/mol. The number of ether oxygens (including phenoxy) is 1. The van der Waals surface area contributed by atoms with Crippen molar-refractivity contribution in [3.8, 4) is 0 Å². The molecule has 1 fully saturated rings. The van der Waals surface area contributed by atoms with Gasteiger partial charge in [0.1, 0.15) is 0 Å². The van der Waals surface area contributed by atoms with Crippen LogP contribution < -0.4 is 0 Å². The number of esters is 1. The van der Waals surface area contributed by atoms with Crippen molar-refractivity contribution >= 4 is 17.6 Å². The Morgan fingerprint density at radius 1 is 1.67 bits per heavy atom. The van der Waals surface area contributed by atoms with Crippen molar-refractivity contribution in [3.05, 3.63) is 0 Å². The largest absolute Gasteiger partial charge is 0.469 e. The molecule has 0 N–H and O–H groups in total. The van der Waals surface area contributed by atoms with Crippen molar-refractivity contribution < 1.29 is 9.53 Å². The molecule has 3 heteroatoms. The zero-order valence-electron chi connectivity index (χ0n) is 7.60. The summed E-state index contributed by atoms with van der Waals surface area (Å²) in [4.78, 5) is 10.9. The summed E-state index contributed by atoms with van der Waals surface area (Å²) in [6.07, 6.45) is 3.85. The molecular formula is C9H15ClO2. The van der Waals surface area contributed by atoms with Gasteiger partial charge in [-0.2, -0.15) is 0 Å². The molecule has 0 bridgehead atoms. The predicted octanol–water partition coefficient (Wildman–Crippen LogP) is 2.35. The summed E-state index contributed by atoms with van der Waals surface area (Å²) in [5, 5.41) is -0.0568. The van der Waals surface area contributed by atoms with E-state index >= 15 is 0 Å². The first kappa shape index (κ1) is 9.85. The van der Waals surface area contributed by atoms with Gasteiger partial charge in [-0.25, -0.2) is 0 Å². The second kappa shape index (κ2) is 3.65. The van der Waals surface area contributed by atoms with Gasteiger partial charge in [-0.3, -0.25) is 4.79 Å². The predicted molar refractivity (Wildman–Crippen MR) is 48.2 cm³/mol. The van der Waals surface area contributed by atoms with Crippen LogP contribution in [0.15, 0.2) is 0 Å². The molecule has 0 spiro atoms. The van der Waals surface area contributed by atoms with E-state index < -0.39 is 0 Å². The lowest BCUT2D eigenvalue weighted by Gasteiger charge is -2.41. The first-order valence-corrected chi connectivity index (χ1v) is 4.73. The van der Waals surface area contributed by atoms with Crippen molar-refractivity contribution in [3.63, 3.8) is 0 Å². The number of carbonyl (C=O) groups is 1. The van der Waals surface area contributed by atoms with Gasteiger partial charge < -0.3 is 4.74 Å². The third kappa shape index (κ3) is 1.92. The van der Waals surface area contributed by atoms with Crippen LogP contribution in [0.25, 0.3) is 0 Å². The molecule has 1 saturated carbocycles. The quantitative estimate of drug-likeness (QED) is 0.505. The molecule has 1 aliphatic carbocycles. The van der Waals surface area contributed by atoms with E-state index in [0.717, 1.165) is 12.8 Å². The van der Waals surface area contributed by atoms with E-state index in [4.69, 9.17) is 11.6 Å². The van der Waals surface area contributed by atoms with E-state index in [1.54, 1.807) is 0 Å². The minimum atomic E-state index is -0.205. The van der Waals surface area contributed by atoms with Crippen LogP contribution in [0.4, 0.5) is 0 Å². The second-order valence-electron chi connectivity index (χ2n) is 3.76. The first-order chi connectivity index (χ1) is 5.58. The van der Waals surface area contributed by atoms with Gasteiger partial charge in [-0.1, -0.05) is 13.3 Å². The molecule has 0 heterocycles. The lowest BCUT2D eigenvalue weighted by Crippen LogP contribution is -2.36. The molecule has 0 aromatic heterocycles. The van der Waals surface area contributed by atoms with E-state index in [0.29, 0.717) is 6.42 Å². The fraction of sp³-hybridized carbons (Fsp3) is 0.889. The highest BCUT2D eigenvalue weighted by molar-refractivity contribution is 6.22. The van der Waals surface area contributed by atoms with Gasteiger partial charge >= 0.3 is 5.97 Å². The third-order valence-electron chi connectivity index (χ3n) is 2.83. The molecule has 1 rings (SSSR count). The molecule has 0 radical (unpaired) electrons. The Morgan fingerprint density at radius 3 is 2.58 bits per heavy atom. The fourth-order valence-corrected chi connectivity index (χ4v) is 1.87. The second-order valence-corrected chi connectivity index (χ2v) is 4.28. The number of halogens is 1. The highest BCUT2D eigenvalue weighted by Gasteiger charge is 2.39. The average molecular weight is 191 g/mol. The highest BCUT2D eigenvalue weighted by atomic mass is 35.5. The van der Waals surface area contributed by atoms with E-state index in [2.05, 4.69) is 11.7 Å². The Kier molecular flexibility index (Phi) is 2.99. The molecule has 0 aliphatic heterocycles. The van der Waals surface area contributed by atoms with Crippen LogP contribution in [0.1, 0.15) is 32.6 Å². The van der Waals surface area contributed by atoms with Crippen molar-refractivity contribution in [2.24, 2.45) is 5.41 Å². The maximum absolute atomic E-state index is 10.9. The summed E-state index contributed by atoms with van der Waals surface area (Å²) >= 11 is 6.10. The van der Waals surface area contributed by atoms with Crippen molar-refractivity contribution in [2.75, 3.05) is 7.11 Å². The van der Waals surface area contributed by atoms with E-state index in [-0.39, 0.29) is 16.8 Å². The molecule has 70 valence electrons. The average Bonchev–Trinajstić information content (AvgIpc) is 1.99. The van der Waals surface area contributed by atoms with Crippen LogP contribution in [0.3, 0.4) is 0 Å². The minimum absolute atomic E-state index is 0.0568. The summed E-state index contributed by atoms with van der Waals surface area (Å²) in [5.74, 6) is -0.205. The van der Waals surface area contributed by atoms with Gasteiger partial charge in [-0.05, 0) is 18.3 Å². The smallest absolute Gasteiger partial charge is 0.307 e. The molecule has 1 unspecified atom stereocenters. The van der Waals surface area contributed by atoms with Gasteiger partial charge in [0.15, 0.2) is 0 Å². The van der Waals surface area contributed by atoms with E-state index in [9.17, 15) is 4.79 Å². The van der Waals surface area contributed by atoms with Crippen molar-refractivity contribution in [2.45, 2.75) is 38.0 Å². The molecule has 2 nitrogen and oxygen atoms in total. The van der Waals surface area contributed by atoms with E-state index in [1.165, 1.54) is 13.5 Å². The zero-order valence-corrected chi connectivity index (χ0v) is 8.36. The number of methoxy groups -OCH3 is 1. The number of carbonyl (C=O) groups excluding carboxylic acids is 1. The fourth-order valence-electron chi connectivity index (χ4n) is 1.52. The minimum Gasteiger partial charge on any atom is -0.469 e. The van der Waals surface area contributed by atoms with Gasteiger partial charge in [0.05, 0.1) is 13.5 Å². The third-order valence-corrected chi connectivity index (χ3v) is 3.51. The number of hydrogen-bond acceptors (Lipinski definition) is 2. The molecule has 1 atom stereocenters.